The SMILES string of the molecule is COc1cc2c(CCl)cn(C(=O)OC(C)(C)C)c2cc1Cl. The van der Waals surface area contributed by atoms with Crippen molar-refractivity contribution in [3.05, 3.63) is 28.9 Å². The maximum Gasteiger partial charge on any atom is 0.419 e. The van der Waals surface area contributed by atoms with E-state index >= 15 is 0 Å². The van der Waals surface area contributed by atoms with Gasteiger partial charge in [0.25, 0.3) is 0 Å². The smallest absolute Gasteiger partial charge is 0.419 e. The summed E-state index contributed by atoms with van der Waals surface area (Å²) in [6.07, 6.45) is 1.20. The Hall–Kier alpha value is -1.39. The number of methoxy groups -OCH3 is 1. The first-order valence-corrected chi connectivity index (χ1v) is 7.35. The van der Waals surface area contributed by atoms with Gasteiger partial charge in [0.15, 0.2) is 0 Å². The second-order valence-corrected chi connectivity index (χ2v) is 6.32. The van der Waals surface area contributed by atoms with Crippen LogP contribution in [-0.4, -0.2) is 23.4 Å². The molecule has 0 unspecified atom stereocenters. The topological polar surface area (TPSA) is 40.5 Å². The molecule has 1 heterocycles. The minimum Gasteiger partial charge on any atom is -0.495 e. The molecule has 0 aliphatic rings. The van der Waals surface area contributed by atoms with Gasteiger partial charge in [0.1, 0.15) is 11.4 Å². The van der Waals surface area contributed by atoms with Crippen LogP contribution in [0.5, 0.6) is 5.75 Å². The van der Waals surface area contributed by atoms with Gasteiger partial charge in [0.2, 0.25) is 0 Å². The van der Waals surface area contributed by atoms with Crippen molar-refractivity contribution in [2.75, 3.05) is 7.11 Å². The molecule has 1 aromatic carbocycles. The average molecular weight is 330 g/mol. The fraction of sp³-hybridized carbons (Fsp3) is 0.400. The number of rotatable bonds is 2. The summed E-state index contributed by atoms with van der Waals surface area (Å²) >= 11 is 12.1. The Bertz CT molecular complexity index is 686. The molecule has 21 heavy (non-hydrogen) atoms. The highest BCUT2D eigenvalue weighted by molar-refractivity contribution is 6.33. The number of aromatic nitrogens is 1. The number of ether oxygens (including phenoxy) is 2. The standard InChI is InChI=1S/C15H17Cl2NO3/c1-15(2,3)21-14(19)18-8-9(7-16)10-5-13(20-4)11(17)6-12(10)18/h5-6,8H,7H2,1-4H3. The molecule has 0 spiro atoms. The van der Waals surface area contributed by atoms with Gasteiger partial charge in [-0.3, -0.25) is 4.57 Å². The highest BCUT2D eigenvalue weighted by Gasteiger charge is 2.21. The number of carbonyl (C=O) groups excluding carboxylic acids is 1. The van der Waals surface area contributed by atoms with Crippen molar-refractivity contribution in [3.8, 4) is 5.75 Å². The molecule has 0 saturated carbocycles. The maximum atomic E-state index is 12.3. The summed E-state index contributed by atoms with van der Waals surface area (Å²) in [4.78, 5) is 12.3. The van der Waals surface area contributed by atoms with E-state index in [0.29, 0.717) is 16.3 Å². The molecule has 0 radical (unpaired) electrons. The van der Waals surface area contributed by atoms with Crippen molar-refractivity contribution in [1.29, 1.82) is 0 Å². The van der Waals surface area contributed by atoms with Crippen molar-refractivity contribution in [2.45, 2.75) is 32.3 Å². The Morgan fingerprint density at radius 2 is 2.00 bits per heavy atom. The van der Waals surface area contributed by atoms with Crippen LogP contribution in [0.3, 0.4) is 0 Å². The Balaban J connectivity index is 2.60. The van der Waals surface area contributed by atoms with E-state index in [1.54, 1.807) is 18.3 Å². The molecule has 0 aliphatic carbocycles. The summed E-state index contributed by atoms with van der Waals surface area (Å²) in [6, 6.07) is 3.45. The minimum absolute atomic E-state index is 0.275. The van der Waals surface area contributed by atoms with Crippen LogP contribution in [0.2, 0.25) is 5.02 Å². The van der Waals surface area contributed by atoms with Crippen molar-refractivity contribution in [3.63, 3.8) is 0 Å². The molecule has 0 amide bonds. The van der Waals surface area contributed by atoms with Crippen LogP contribution in [0.25, 0.3) is 10.9 Å². The van der Waals surface area contributed by atoms with E-state index in [1.807, 2.05) is 20.8 Å². The molecule has 0 atom stereocenters. The van der Waals surface area contributed by atoms with E-state index in [0.717, 1.165) is 10.9 Å². The second kappa shape index (κ2) is 5.78. The zero-order chi connectivity index (χ0) is 15.8. The van der Waals surface area contributed by atoms with Crippen LogP contribution in [0.4, 0.5) is 4.79 Å². The van der Waals surface area contributed by atoms with Gasteiger partial charge < -0.3 is 9.47 Å². The van der Waals surface area contributed by atoms with Crippen LogP contribution in [-0.2, 0) is 10.6 Å². The monoisotopic (exact) mass is 329 g/mol. The van der Waals surface area contributed by atoms with Gasteiger partial charge in [0, 0.05) is 17.5 Å². The van der Waals surface area contributed by atoms with E-state index in [9.17, 15) is 4.79 Å². The largest absolute Gasteiger partial charge is 0.495 e. The molecule has 6 heteroatoms. The van der Waals surface area contributed by atoms with Crippen LogP contribution in [0.1, 0.15) is 26.3 Å². The molecule has 114 valence electrons. The van der Waals surface area contributed by atoms with E-state index in [1.165, 1.54) is 11.7 Å². The third kappa shape index (κ3) is 3.27. The average Bonchev–Trinajstić information content (AvgIpc) is 2.73. The first kappa shape index (κ1) is 16.0. The Morgan fingerprint density at radius 3 is 2.52 bits per heavy atom. The molecule has 2 rings (SSSR count). The quantitative estimate of drug-likeness (QED) is 0.741. The lowest BCUT2D eigenvalue weighted by Gasteiger charge is -2.19. The van der Waals surface area contributed by atoms with Crippen LogP contribution < -0.4 is 4.74 Å². The number of alkyl halides is 1. The Morgan fingerprint density at radius 1 is 1.33 bits per heavy atom. The van der Waals surface area contributed by atoms with E-state index in [4.69, 9.17) is 32.7 Å². The minimum atomic E-state index is -0.578. The first-order chi connectivity index (χ1) is 9.76. The number of halogens is 2. The summed E-state index contributed by atoms with van der Waals surface area (Å²) in [5.41, 5.74) is 0.878. The lowest BCUT2D eigenvalue weighted by atomic mass is 10.2. The van der Waals surface area contributed by atoms with E-state index in [2.05, 4.69) is 0 Å². The fourth-order valence-electron chi connectivity index (χ4n) is 2.02. The molecule has 0 saturated heterocycles. The van der Waals surface area contributed by atoms with Gasteiger partial charge in [-0.15, -0.1) is 11.6 Å². The lowest BCUT2D eigenvalue weighted by Crippen LogP contribution is -2.26. The van der Waals surface area contributed by atoms with Crippen molar-refractivity contribution < 1.29 is 14.3 Å². The molecule has 0 aliphatic heterocycles. The predicted octanol–water partition coefficient (Wildman–Crippen LogP) is 4.83. The third-order valence-electron chi connectivity index (χ3n) is 2.89. The normalized spacial score (nSPS) is 11.7. The predicted molar refractivity (Wildman–Crippen MR) is 84.7 cm³/mol. The number of fused-ring (bicyclic) bond motifs is 1. The Labute approximate surface area is 133 Å². The molecule has 2 aromatic rings. The van der Waals surface area contributed by atoms with Crippen LogP contribution >= 0.6 is 23.2 Å². The summed E-state index contributed by atoms with van der Waals surface area (Å²) in [5, 5.41) is 1.24. The van der Waals surface area contributed by atoms with E-state index < -0.39 is 11.7 Å². The third-order valence-corrected chi connectivity index (χ3v) is 3.48. The molecular formula is C15H17Cl2NO3. The number of hydrogen-bond acceptors (Lipinski definition) is 3. The summed E-state index contributed by atoms with van der Waals surface area (Å²) < 4.78 is 12.0. The summed E-state index contributed by atoms with van der Waals surface area (Å²) in [6.45, 7) is 5.44. The zero-order valence-electron chi connectivity index (χ0n) is 12.4. The second-order valence-electron chi connectivity index (χ2n) is 5.64. The summed E-state index contributed by atoms with van der Waals surface area (Å²) in [7, 11) is 1.54. The number of benzene rings is 1. The number of hydrogen-bond donors (Lipinski definition) is 0. The summed E-state index contributed by atoms with van der Waals surface area (Å²) in [5.74, 6) is 0.814. The van der Waals surface area contributed by atoms with Crippen LogP contribution in [0, 0.1) is 0 Å². The lowest BCUT2D eigenvalue weighted by molar-refractivity contribution is 0.0544. The van der Waals surface area contributed by atoms with Crippen molar-refractivity contribution in [1.82, 2.24) is 4.57 Å². The number of nitrogens with zero attached hydrogens (tertiary/aromatic N) is 1. The van der Waals surface area contributed by atoms with Gasteiger partial charge >= 0.3 is 6.09 Å². The highest BCUT2D eigenvalue weighted by atomic mass is 35.5. The molecule has 0 bridgehead atoms. The van der Waals surface area contributed by atoms with Gasteiger partial charge in [-0.2, -0.15) is 0 Å². The van der Waals surface area contributed by atoms with Crippen molar-refractivity contribution >= 4 is 40.2 Å². The first-order valence-electron chi connectivity index (χ1n) is 6.43. The van der Waals surface area contributed by atoms with Gasteiger partial charge in [-0.05, 0) is 38.5 Å². The molecule has 0 fully saturated rings. The van der Waals surface area contributed by atoms with E-state index in [-0.39, 0.29) is 5.88 Å². The van der Waals surface area contributed by atoms with Gasteiger partial charge in [0.05, 0.1) is 17.6 Å². The van der Waals surface area contributed by atoms with Gasteiger partial charge in [-0.25, -0.2) is 4.79 Å². The molecule has 1 aromatic heterocycles. The highest BCUT2D eigenvalue weighted by Crippen LogP contribution is 2.33. The maximum absolute atomic E-state index is 12.3. The molecular weight excluding hydrogens is 313 g/mol. The van der Waals surface area contributed by atoms with Crippen molar-refractivity contribution in [2.24, 2.45) is 0 Å². The zero-order valence-corrected chi connectivity index (χ0v) is 13.9. The Kier molecular flexibility index (Phi) is 4.40. The number of carbonyl (C=O) groups is 1. The van der Waals surface area contributed by atoms with Crippen LogP contribution in [0.15, 0.2) is 18.3 Å². The molecule has 0 N–H and O–H groups in total. The van der Waals surface area contributed by atoms with Gasteiger partial charge in [-0.1, -0.05) is 11.6 Å². The molecule has 4 nitrogen and oxygen atoms in total. The fourth-order valence-corrected chi connectivity index (χ4v) is 2.47.